The van der Waals surface area contributed by atoms with Crippen molar-refractivity contribution in [1.82, 2.24) is 10.2 Å². The zero-order valence-corrected chi connectivity index (χ0v) is 13.7. The van der Waals surface area contributed by atoms with Crippen molar-refractivity contribution in [3.63, 3.8) is 0 Å². The van der Waals surface area contributed by atoms with Crippen molar-refractivity contribution < 1.29 is 14.7 Å². The zero-order chi connectivity index (χ0) is 15.5. The highest BCUT2D eigenvalue weighted by Gasteiger charge is 2.45. The minimum absolute atomic E-state index is 0.0856. The second-order valence-corrected chi connectivity index (χ2v) is 7.30. The van der Waals surface area contributed by atoms with Crippen molar-refractivity contribution in [2.75, 3.05) is 19.3 Å². The molecule has 0 aromatic heterocycles. The van der Waals surface area contributed by atoms with Crippen molar-refractivity contribution in [1.29, 1.82) is 0 Å². The fraction of sp³-hybridized carbons (Fsp3) is 0.867. The first kappa shape index (κ1) is 16.5. The number of urea groups is 1. The van der Waals surface area contributed by atoms with Crippen molar-refractivity contribution in [2.24, 2.45) is 5.41 Å². The van der Waals surface area contributed by atoms with Crippen molar-refractivity contribution in [3.8, 4) is 0 Å². The first-order valence-electron chi connectivity index (χ1n) is 7.84. The predicted octanol–water partition coefficient (Wildman–Crippen LogP) is 2.56. The molecule has 3 unspecified atom stereocenters. The summed E-state index contributed by atoms with van der Waals surface area (Å²) in [5.41, 5.74) is -0.747. The van der Waals surface area contributed by atoms with Gasteiger partial charge in [-0.15, -0.1) is 0 Å². The van der Waals surface area contributed by atoms with Crippen LogP contribution in [-0.4, -0.2) is 52.6 Å². The highest BCUT2D eigenvalue weighted by atomic mass is 32.2. The summed E-state index contributed by atoms with van der Waals surface area (Å²) in [6.45, 7) is 2.77. The maximum absolute atomic E-state index is 12.4. The maximum Gasteiger partial charge on any atom is 0.317 e. The number of hydrogen-bond acceptors (Lipinski definition) is 3. The highest BCUT2D eigenvalue weighted by molar-refractivity contribution is 7.99. The smallest absolute Gasteiger partial charge is 0.317 e. The second kappa shape index (κ2) is 6.90. The summed E-state index contributed by atoms with van der Waals surface area (Å²) < 4.78 is 0. The molecular formula is C15H26N2O3S. The Kier molecular flexibility index (Phi) is 5.41. The Balaban J connectivity index is 1.94. The Hall–Kier alpha value is -0.910. The number of amides is 2. The summed E-state index contributed by atoms with van der Waals surface area (Å²) in [6.07, 6.45) is 7.81. The number of rotatable bonds is 4. The summed E-state index contributed by atoms with van der Waals surface area (Å²) in [5, 5.41) is 13.0. The molecule has 21 heavy (non-hydrogen) atoms. The van der Waals surface area contributed by atoms with Crippen LogP contribution < -0.4 is 5.32 Å². The first-order chi connectivity index (χ1) is 10.0. The Morgan fingerprint density at radius 2 is 2.10 bits per heavy atom. The van der Waals surface area contributed by atoms with Gasteiger partial charge in [0.15, 0.2) is 0 Å². The van der Waals surface area contributed by atoms with E-state index < -0.39 is 11.4 Å². The molecule has 1 saturated heterocycles. The van der Waals surface area contributed by atoms with Crippen molar-refractivity contribution in [3.05, 3.63) is 0 Å². The van der Waals surface area contributed by atoms with Gasteiger partial charge in [-0.2, -0.15) is 11.8 Å². The molecule has 0 aromatic rings. The van der Waals surface area contributed by atoms with E-state index >= 15 is 0 Å². The molecule has 3 atom stereocenters. The van der Waals surface area contributed by atoms with Crippen LogP contribution in [0, 0.1) is 5.41 Å². The molecule has 1 heterocycles. The average molecular weight is 314 g/mol. The van der Waals surface area contributed by atoms with Gasteiger partial charge in [-0.3, -0.25) is 4.79 Å². The standard InChI is InChI=1S/C15H26N2O3S/c1-3-15(13(18)19)8-9-17(10-15)14(20)16-11-6-4-5-7-12(11)21-2/h11-12H,3-10H2,1-2H3,(H,16,20)(H,18,19). The Labute approximate surface area is 130 Å². The molecule has 2 N–H and O–H groups in total. The molecule has 2 aliphatic rings. The van der Waals surface area contributed by atoms with Gasteiger partial charge in [-0.05, 0) is 31.9 Å². The number of carboxylic acids is 1. The summed E-state index contributed by atoms with van der Waals surface area (Å²) in [6, 6.07) is 0.139. The number of nitrogens with zero attached hydrogens (tertiary/aromatic N) is 1. The maximum atomic E-state index is 12.4. The molecule has 5 nitrogen and oxygen atoms in total. The van der Waals surface area contributed by atoms with Crippen LogP contribution in [0.2, 0.25) is 0 Å². The first-order valence-corrected chi connectivity index (χ1v) is 9.13. The molecule has 0 spiro atoms. The molecule has 120 valence electrons. The lowest BCUT2D eigenvalue weighted by Gasteiger charge is -2.32. The molecule has 0 radical (unpaired) electrons. The quantitative estimate of drug-likeness (QED) is 0.837. The van der Waals surface area contributed by atoms with Crippen molar-refractivity contribution >= 4 is 23.8 Å². The van der Waals surface area contributed by atoms with Crippen LogP contribution in [0.15, 0.2) is 0 Å². The van der Waals surface area contributed by atoms with Crippen LogP contribution in [0.1, 0.15) is 45.4 Å². The minimum Gasteiger partial charge on any atom is -0.481 e. The molecular weight excluding hydrogens is 288 g/mol. The lowest BCUT2D eigenvalue weighted by atomic mass is 9.84. The topological polar surface area (TPSA) is 69.6 Å². The number of nitrogens with one attached hydrogen (secondary N) is 1. The predicted molar refractivity (Wildman–Crippen MR) is 84.6 cm³/mol. The van der Waals surface area contributed by atoms with E-state index in [2.05, 4.69) is 11.6 Å². The van der Waals surface area contributed by atoms with Crippen LogP contribution >= 0.6 is 11.8 Å². The Bertz CT molecular complexity index is 404. The number of likely N-dealkylation sites (tertiary alicyclic amines) is 1. The zero-order valence-electron chi connectivity index (χ0n) is 12.9. The third-order valence-corrected chi connectivity index (χ3v) is 6.26. The summed E-state index contributed by atoms with van der Waals surface area (Å²) >= 11 is 1.82. The molecule has 0 aromatic carbocycles. The number of carbonyl (C=O) groups excluding carboxylic acids is 1. The van der Waals surface area contributed by atoms with Gasteiger partial charge < -0.3 is 15.3 Å². The van der Waals surface area contributed by atoms with Crippen LogP contribution in [0.4, 0.5) is 4.79 Å². The van der Waals surface area contributed by atoms with E-state index in [0.29, 0.717) is 31.2 Å². The normalized spacial score (nSPS) is 33.0. The van der Waals surface area contributed by atoms with Gasteiger partial charge in [0.2, 0.25) is 0 Å². The van der Waals surface area contributed by atoms with E-state index in [9.17, 15) is 14.7 Å². The van der Waals surface area contributed by atoms with Gasteiger partial charge in [-0.1, -0.05) is 19.8 Å². The fourth-order valence-electron chi connectivity index (χ4n) is 3.45. The Morgan fingerprint density at radius 1 is 1.38 bits per heavy atom. The van der Waals surface area contributed by atoms with E-state index in [0.717, 1.165) is 19.3 Å². The molecule has 2 fully saturated rings. The van der Waals surface area contributed by atoms with Gasteiger partial charge >= 0.3 is 12.0 Å². The molecule has 0 bridgehead atoms. The van der Waals surface area contributed by atoms with Crippen LogP contribution in [0.25, 0.3) is 0 Å². The van der Waals surface area contributed by atoms with Gasteiger partial charge in [0, 0.05) is 24.4 Å². The van der Waals surface area contributed by atoms with Gasteiger partial charge in [0.05, 0.1) is 5.41 Å². The number of aliphatic carboxylic acids is 1. The SMILES string of the molecule is CCC1(C(=O)O)CCN(C(=O)NC2CCCCC2SC)C1. The monoisotopic (exact) mass is 314 g/mol. The number of carbonyl (C=O) groups is 2. The van der Waals surface area contributed by atoms with Crippen LogP contribution in [0.5, 0.6) is 0 Å². The van der Waals surface area contributed by atoms with Gasteiger partial charge in [0.25, 0.3) is 0 Å². The summed E-state index contributed by atoms with van der Waals surface area (Å²) in [7, 11) is 0. The lowest BCUT2D eigenvalue weighted by molar-refractivity contribution is -0.148. The van der Waals surface area contributed by atoms with E-state index in [1.807, 2.05) is 18.7 Å². The highest BCUT2D eigenvalue weighted by Crippen LogP contribution is 2.34. The van der Waals surface area contributed by atoms with Crippen molar-refractivity contribution in [2.45, 2.75) is 56.7 Å². The Morgan fingerprint density at radius 3 is 2.67 bits per heavy atom. The number of thioether (sulfide) groups is 1. The molecule has 6 heteroatoms. The summed E-state index contributed by atoms with van der Waals surface area (Å²) in [5.74, 6) is -0.778. The third kappa shape index (κ3) is 3.47. The molecule has 1 aliphatic heterocycles. The van der Waals surface area contributed by atoms with E-state index in [-0.39, 0.29) is 12.1 Å². The van der Waals surface area contributed by atoms with E-state index in [1.165, 1.54) is 6.42 Å². The van der Waals surface area contributed by atoms with E-state index in [4.69, 9.17) is 0 Å². The number of hydrogen-bond donors (Lipinski definition) is 2. The molecule has 2 rings (SSSR count). The third-order valence-electron chi connectivity index (χ3n) is 5.09. The second-order valence-electron chi connectivity index (χ2n) is 6.23. The molecule has 1 aliphatic carbocycles. The molecule has 2 amide bonds. The number of carboxylic acid groups (broad SMARTS) is 1. The average Bonchev–Trinajstić information content (AvgIpc) is 2.94. The lowest BCUT2D eigenvalue weighted by Crippen LogP contribution is -2.49. The molecule has 1 saturated carbocycles. The fourth-order valence-corrected chi connectivity index (χ4v) is 4.39. The van der Waals surface area contributed by atoms with Crippen LogP contribution in [-0.2, 0) is 4.79 Å². The van der Waals surface area contributed by atoms with E-state index in [1.54, 1.807) is 4.90 Å². The van der Waals surface area contributed by atoms with Gasteiger partial charge in [0.1, 0.15) is 0 Å². The summed E-state index contributed by atoms with van der Waals surface area (Å²) in [4.78, 5) is 25.5. The largest absolute Gasteiger partial charge is 0.481 e. The van der Waals surface area contributed by atoms with Crippen LogP contribution in [0.3, 0.4) is 0 Å². The van der Waals surface area contributed by atoms with Gasteiger partial charge in [-0.25, -0.2) is 4.79 Å². The minimum atomic E-state index is -0.778.